The van der Waals surface area contributed by atoms with E-state index in [1.807, 2.05) is 25.1 Å². The van der Waals surface area contributed by atoms with Crippen molar-refractivity contribution in [3.8, 4) is 11.5 Å². The zero-order valence-corrected chi connectivity index (χ0v) is 15.0. The Bertz CT molecular complexity index is 1060. The van der Waals surface area contributed by atoms with E-state index in [1.54, 1.807) is 0 Å². The summed E-state index contributed by atoms with van der Waals surface area (Å²) in [6, 6.07) is 5.70. The molecule has 1 aromatic carbocycles. The topological polar surface area (TPSA) is 93.5 Å². The lowest BCUT2D eigenvalue weighted by Gasteiger charge is -2.33. The van der Waals surface area contributed by atoms with Gasteiger partial charge in [-0.1, -0.05) is 11.6 Å². The molecule has 3 aromatic rings. The van der Waals surface area contributed by atoms with Crippen molar-refractivity contribution in [3.05, 3.63) is 45.8 Å². The van der Waals surface area contributed by atoms with Crippen LogP contribution in [-0.4, -0.2) is 33.4 Å². The molecule has 27 heavy (non-hydrogen) atoms. The molecular weight excluding hydrogens is 348 g/mol. The second kappa shape index (κ2) is 6.38. The fourth-order valence-corrected chi connectivity index (χ4v) is 3.89. The number of pyridine rings is 1. The third kappa shape index (κ3) is 2.95. The van der Waals surface area contributed by atoms with Crippen LogP contribution in [0.25, 0.3) is 10.9 Å². The van der Waals surface area contributed by atoms with Crippen LogP contribution >= 0.6 is 0 Å². The van der Waals surface area contributed by atoms with Gasteiger partial charge in [-0.15, -0.1) is 0 Å². The van der Waals surface area contributed by atoms with Crippen LogP contribution in [0.5, 0.6) is 11.5 Å². The lowest BCUT2D eigenvalue weighted by molar-refractivity contribution is 0.111. The fraction of sp³-hybridized carbons (Fsp3) is 0.421. The summed E-state index contributed by atoms with van der Waals surface area (Å²) in [4.78, 5) is 22.3. The molecule has 2 aromatic heterocycles. The molecule has 1 fully saturated rings. The van der Waals surface area contributed by atoms with Crippen molar-refractivity contribution in [2.75, 3.05) is 13.3 Å². The van der Waals surface area contributed by atoms with Gasteiger partial charge in [0.25, 0.3) is 5.56 Å². The zero-order chi connectivity index (χ0) is 18.4. The van der Waals surface area contributed by atoms with Crippen LogP contribution in [0, 0.1) is 6.92 Å². The molecule has 0 aliphatic carbocycles. The number of aromatic amines is 1. The minimum absolute atomic E-state index is 0.0480. The Morgan fingerprint density at radius 2 is 2.07 bits per heavy atom. The second-order valence-corrected chi connectivity index (χ2v) is 7.08. The summed E-state index contributed by atoms with van der Waals surface area (Å²) in [6.45, 7) is 3.46. The van der Waals surface area contributed by atoms with Crippen molar-refractivity contribution in [2.45, 2.75) is 38.8 Å². The summed E-state index contributed by atoms with van der Waals surface area (Å²) in [5.41, 5.74) is 1.37. The molecule has 140 valence electrons. The summed E-state index contributed by atoms with van der Waals surface area (Å²) in [5, 5.41) is 4.85. The zero-order valence-electron chi connectivity index (χ0n) is 15.0. The van der Waals surface area contributed by atoms with E-state index < -0.39 is 0 Å². The first kappa shape index (κ1) is 16.3. The number of aromatic nitrogens is 3. The third-order valence-electron chi connectivity index (χ3n) is 5.23. The van der Waals surface area contributed by atoms with Crippen LogP contribution in [0.1, 0.15) is 42.6 Å². The number of nitrogens with one attached hydrogen (secondary N) is 1. The first-order chi connectivity index (χ1) is 13.2. The molecule has 0 unspecified atom stereocenters. The van der Waals surface area contributed by atoms with Crippen LogP contribution in [0.4, 0.5) is 0 Å². The third-order valence-corrected chi connectivity index (χ3v) is 5.23. The van der Waals surface area contributed by atoms with Crippen molar-refractivity contribution in [1.82, 2.24) is 20.0 Å². The number of benzene rings is 1. The average Bonchev–Trinajstić information content (AvgIpc) is 3.29. The quantitative estimate of drug-likeness (QED) is 0.759. The maximum Gasteiger partial charge on any atom is 0.252 e. The molecule has 8 heteroatoms. The summed E-state index contributed by atoms with van der Waals surface area (Å²) in [6.07, 6.45) is 3.15. The van der Waals surface area contributed by atoms with Gasteiger partial charge >= 0.3 is 0 Å². The largest absolute Gasteiger partial charge is 0.454 e. The second-order valence-electron chi connectivity index (χ2n) is 7.08. The van der Waals surface area contributed by atoms with Gasteiger partial charge in [0, 0.05) is 23.6 Å². The number of ether oxygens (including phenoxy) is 2. The molecule has 0 bridgehead atoms. The van der Waals surface area contributed by atoms with E-state index in [2.05, 4.69) is 20.0 Å². The molecule has 8 nitrogen and oxygen atoms in total. The molecule has 2 aliphatic rings. The number of hydrogen-bond acceptors (Lipinski definition) is 7. The van der Waals surface area contributed by atoms with Crippen LogP contribution < -0.4 is 15.0 Å². The molecule has 0 saturated carbocycles. The molecular formula is C19H20N4O4. The van der Waals surface area contributed by atoms with Crippen molar-refractivity contribution in [1.29, 1.82) is 0 Å². The average molecular weight is 368 g/mol. The highest BCUT2D eigenvalue weighted by Gasteiger charge is 2.29. The lowest BCUT2D eigenvalue weighted by Crippen LogP contribution is -2.35. The number of nitrogens with zero attached hydrogens (tertiary/aromatic N) is 3. The van der Waals surface area contributed by atoms with Crippen molar-refractivity contribution < 1.29 is 14.0 Å². The Morgan fingerprint density at radius 1 is 1.22 bits per heavy atom. The number of piperidine rings is 1. The highest BCUT2D eigenvalue weighted by atomic mass is 16.7. The van der Waals surface area contributed by atoms with Crippen molar-refractivity contribution >= 4 is 10.9 Å². The van der Waals surface area contributed by atoms with E-state index in [0.717, 1.165) is 36.7 Å². The summed E-state index contributed by atoms with van der Waals surface area (Å²) in [5.74, 6) is 2.63. The van der Waals surface area contributed by atoms with Gasteiger partial charge in [0.2, 0.25) is 12.7 Å². The Balaban J connectivity index is 1.48. The standard InChI is InChI=1S/C19H20N4O4/c1-11-20-19(27-22-11)15-4-2-3-5-23(15)9-13-6-12-7-16-17(26-10-25-16)8-14(12)21-18(13)24/h6-8,15H,2-5,9-10H2,1H3,(H,21,24)/t15-/m0/s1. The summed E-state index contributed by atoms with van der Waals surface area (Å²) in [7, 11) is 0. The predicted octanol–water partition coefficient (Wildman–Crippen LogP) is 2.68. The van der Waals surface area contributed by atoms with E-state index >= 15 is 0 Å². The molecule has 5 rings (SSSR count). The van der Waals surface area contributed by atoms with E-state index in [4.69, 9.17) is 14.0 Å². The van der Waals surface area contributed by atoms with Crippen LogP contribution in [0.15, 0.2) is 27.5 Å². The molecule has 0 spiro atoms. The number of rotatable bonds is 3. The minimum atomic E-state index is -0.0904. The Kier molecular flexibility index (Phi) is 3.86. The van der Waals surface area contributed by atoms with Crippen LogP contribution in [0.3, 0.4) is 0 Å². The molecule has 2 aliphatic heterocycles. The molecule has 4 heterocycles. The maximum absolute atomic E-state index is 12.6. The van der Waals surface area contributed by atoms with Gasteiger partial charge in [0.1, 0.15) is 0 Å². The fourth-order valence-electron chi connectivity index (χ4n) is 3.89. The number of aryl methyl sites for hydroxylation is 1. The van der Waals surface area contributed by atoms with Crippen molar-refractivity contribution in [3.63, 3.8) is 0 Å². The Labute approximate surface area is 155 Å². The Morgan fingerprint density at radius 3 is 2.89 bits per heavy atom. The normalized spacial score (nSPS) is 19.7. The number of hydrogen-bond donors (Lipinski definition) is 1. The molecule has 1 atom stereocenters. The molecule has 1 saturated heterocycles. The van der Waals surface area contributed by atoms with E-state index in [-0.39, 0.29) is 18.4 Å². The molecule has 1 N–H and O–H groups in total. The van der Waals surface area contributed by atoms with Gasteiger partial charge in [-0.05, 0) is 38.4 Å². The number of H-pyrrole nitrogens is 1. The van der Waals surface area contributed by atoms with Gasteiger partial charge in [-0.3, -0.25) is 9.69 Å². The van der Waals surface area contributed by atoms with E-state index in [1.165, 1.54) is 0 Å². The highest BCUT2D eigenvalue weighted by Crippen LogP contribution is 2.36. The monoisotopic (exact) mass is 368 g/mol. The van der Waals surface area contributed by atoms with Crippen LogP contribution in [-0.2, 0) is 6.54 Å². The van der Waals surface area contributed by atoms with E-state index in [9.17, 15) is 4.79 Å². The Hall–Kier alpha value is -2.87. The smallest absolute Gasteiger partial charge is 0.252 e. The minimum Gasteiger partial charge on any atom is -0.454 e. The first-order valence-corrected chi connectivity index (χ1v) is 9.17. The van der Waals surface area contributed by atoms with Crippen LogP contribution in [0.2, 0.25) is 0 Å². The summed E-state index contributed by atoms with van der Waals surface area (Å²) >= 11 is 0. The van der Waals surface area contributed by atoms with Gasteiger partial charge in [-0.2, -0.15) is 4.98 Å². The molecule has 0 radical (unpaired) electrons. The number of fused-ring (bicyclic) bond motifs is 2. The first-order valence-electron chi connectivity index (χ1n) is 9.17. The maximum atomic E-state index is 12.6. The number of likely N-dealkylation sites (tertiary alicyclic amines) is 1. The van der Waals surface area contributed by atoms with Gasteiger partial charge < -0.3 is 19.0 Å². The van der Waals surface area contributed by atoms with E-state index in [0.29, 0.717) is 35.3 Å². The lowest BCUT2D eigenvalue weighted by atomic mass is 10.0. The molecule has 0 amide bonds. The predicted molar refractivity (Wildman–Crippen MR) is 96.7 cm³/mol. The SMILES string of the molecule is Cc1noc([C@@H]2CCCCN2Cc2cc3cc4c(cc3[nH]c2=O)OCO4)n1. The van der Waals surface area contributed by atoms with Gasteiger partial charge in [-0.25, -0.2) is 0 Å². The van der Waals surface area contributed by atoms with Gasteiger partial charge in [0.05, 0.1) is 11.6 Å². The highest BCUT2D eigenvalue weighted by molar-refractivity contribution is 5.83. The van der Waals surface area contributed by atoms with Crippen molar-refractivity contribution in [2.24, 2.45) is 0 Å². The summed E-state index contributed by atoms with van der Waals surface area (Å²) < 4.78 is 16.2. The van der Waals surface area contributed by atoms with Gasteiger partial charge in [0.15, 0.2) is 17.3 Å².